The van der Waals surface area contributed by atoms with E-state index in [4.69, 9.17) is 19.2 Å². The smallest absolute Gasteiger partial charge is 0.161 e. The Kier molecular flexibility index (Phi) is 4.28. The first-order valence-electron chi connectivity index (χ1n) is 8.48. The molecule has 1 unspecified atom stereocenters. The Morgan fingerprint density at radius 2 is 1.88 bits per heavy atom. The van der Waals surface area contributed by atoms with Crippen LogP contribution in [0.2, 0.25) is 0 Å². The molecule has 0 spiro atoms. The van der Waals surface area contributed by atoms with E-state index in [1.807, 2.05) is 41.2 Å². The highest BCUT2D eigenvalue weighted by atomic mass is 16.5. The fourth-order valence-electron chi connectivity index (χ4n) is 3.17. The summed E-state index contributed by atoms with van der Waals surface area (Å²) in [5.74, 6) is 1.47. The standard InChI is InChI=1S/C19H21N3O3/c1-23-15-9-14(10-16(11-15)24-2)17-7-6-13-12-20-22(19(13)21-17)18-5-3-4-8-25-18/h6-7,9-12,18H,3-5,8H2,1-2H3. The van der Waals surface area contributed by atoms with Crippen molar-refractivity contribution in [3.8, 4) is 22.8 Å². The molecule has 2 aromatic heterocycles. The van der Waals surface area contributed by atoms with Gasteiger partial charge in [-0.1, -0.05) is 0 Å². The van der Waals surface area contributed by atoms with E-state index in [1.165, 1.54) is 0 Å². The van der Waals surface area contributed by atoms with Gasteiger partial charge in [0.05, 0.1) is 26.1 Å². The molecule has 130 valence electrons. The van der Waals surface area contributed by atoms with Gasteiger partial charge in [-0.25, -0.2) is 9.67 Å². The molecule has 6 heteroatoms. The molecule has 1 saturated heterocycles. The van der Waals surface area contributed by atoms with Crippen molar-refractivity contribution >= 4 is 11.0 Å². The summed E-state index contributed by atoms with van der Waals surface area (Å²) < 4.78 is 18.5. The lowest BCUT2D eigenvalue weighted by molar-refractivity contribution is -0.0370. The Morgan fingerprint density at radius 3 is 2.56 bits per heavy atom. The van der Waals surface area contributed by atoms with Crippen molar-refractivity contribution in [3.05, 3.63) is 36.5 Å². The molecule has 1 fully saturated rings. The van der Waals surface area contributed by atoms with Crippen LogP contribution in [-0.2, 0) is 4.74 Å². The van der Waals surface area contributed by atoms with Crippen molar-refractivity contribution in [3.63, 3.8) is 0 Å². The van der Waals surface area contributed by atoms with Crippen LogP contribution in [0.5, 0.6) is 11.5 Å². The number of methoxy groups -OCH3 is 2. The quantitative estimate of drug-likeness (QED) is 0.723. The van der Waals surface area contributed by atoms with E-state index in [0.29, 0.717) is 0 Å². The third kappa shape index (κ3) is 3.05. The molecule has 3 aromatic rings. The lowest BCUT2D eigenvalue weighted by Crippen LogP contribution is -2.19. The van der Waals surface area contributed by atoms with Crippen LogP contribution in [0, 0.1) is 0 Å². The monoisotopic (exact) mass is 339 g/mol. The first-order chi connectivity index (χ1) is 12.3. The first kappa shape index (κ1) is 15.9. The molecule has 1 atom stereocenters. The Bertz CT molecular complexity index is 863. The van der Waals surface area contributed by atoms with Crippen molar-refractivity contribution in [1.29, 1.82) is 0 Å². The van der Waals surface area contributed by atoms with Gasteiger partial charge in [0.2, 0.25) is 0 Å². The lowest BCUT2D eigenvalue weighted by Gasteiger charge is -2.23. The summed E-state index contributed by atoms with van der Waals surface area (Å²) in [4.78, 5) is 4.84. The molecular weight excluding hydrogens is 318 g/mol. The van der Waals surface area contributed by atoms with E-state index in [-0.39, 0.29) is 6.23 Å². The highest BCUT2D eigenvalue weighted by molar-refractivity contribution is 5.79. The molecule has 3 heterocycles. The fourth-order valence-corrected chi connectivity index (χ4v) is 3.17. The lowest BCUT2D eigenvalue weighted by atomic mass is 10.1. The van der Waals surface area contributed by atoms with Gasteiger partial charge in [-0.15, -0.1) is 0 Å². The molecule has 0 amide bonds. The zero-order chi connectivity index (χ0) is 17.2. The number of hydrogen-bond donors (Lipinski definition) is 0. The number of rotatable bonds is 4. The number of aromatic nitrogens is 3. The van der Waals surface area contributed by atoms with Crippen LogP contribution in [0.15, 0.2) is 36.5 Å². The van der Waals surface area contributed by atoms with Crippen LogP contribution in [0.3, 0.4) is 0 Å². The van der Waals surface area contributed by atoms with Gasteiger partial charge >= 0.3 is 0 Å². The van der Waals surface area contributed by atoms with Gasteiger partial charge in [0, 0.05) is 23.6 Å². The second-order valence-electron chi connectivity index (χ2n) is 6.12. The predicted molar refractivity (Wildman–Crippen MR) is 94.9 cm³/mol. The average molecular weight is 339 g/mol. The molecule has 25 heavy (non-hydrogen) atoms. The second-order valence-corrected chi connectivity index (χ2v) is 6.12. The SMILES string of the molecule is COc1cc(OC)cc(-c2ccc3cnn(C4CCCCO4)c3n2)c1. The maximum atomic E-state index is 5.87. The van der Waals surface area contributed by atoms with E-state index < -0.39 is 0 Å². The number of ether oxygens (including phenoxy) is 3. The van der Waals surface area contributed by atoms with Gasteiger partial charge in [-0.3, -0.25) is 0 Å². The number of hydrogen-bond acceptors (Lipinski definition) is 5. The summed E-state index contributed by atoms with van der Waals surface area (Å²) in [6, 6.07) is 9.78. The van der Waals surface area contributed by atoms with Crippen molar-refractivity contribution < 1.29 is 14.2 Å². The topological polar surface area (TPSA) is 58.4 Å². The minimum atomic E-state index is -0.0335. The van der Waals surface area contributed by atoms with Crippen molar-refractivity contribution in [1.82, 2.24) is 14.8 Å². The first-order valence-corrected chi connectivity index (χ1v) is 8.48. The molecule has 0 N–H and O–H groups in total. The van der Waals surface area contributed by atoms with E-state index in [9.17, 15) is 0 Å². The third-order valence-corrected chi connectivity index (χ3v) is 4.52. The van der Waals surface area contributed by atoms with E-state index in [2.05, 4.69) is 5.10 Å². The fraction of sp³-hybridized carbons (Fsp3) is 0.368. The zero-order valence-electron chi connectivity index (χ0n) is 14.4. The summed E-state index contributed by atoms with van der Waals surface area (Å²) >= 11 is 0. The average Bonchev–Trinajstić information content (AvgIpc) is 3.11. The minimum Gasteiger partial charge on any atom is -0.497 e. The molecule has 0 aliphatic carbocycles. The summed E-state index contributed by atoms with van der Waals surface area (Å²) in [6.07, 6.45) is 5.04. The van der Waals surface area contributed by atoms with Gasteiger partial charge < -0.3 is 14.2 Å². The second kappa shape index (κ2) is 6.72. The molecule has 0 bridgehead atoms. The number of nitrogens with zero attached hydrogens (tertiary/aromatic N) is 3. The number of pyridine rings is 1. The summed E-state index contributed by atoms with van der Waals surface area (Å²) in [5.41, 5.74) is 2.63. The molecule has 0 radical (unpaired) electrons. The van der Waals surface area contributed by atoms with Gasteiger partial charge in [-0.05, 0) is 43.5 Å². The molecule has 1 aliphatic heterocycles. The Balaban J connectivity index is 1.78. The molecule has 4 rings (SSSR count). The summed E-state index contributed by atoms with van der Waals surface area (Å²) in [5, 5.41) is 5.51. The van der Waals surface area contributed by atoms with Gasteiger partial charge in [0.1, 0.15) is 11.5 Å². The van der Waals surface area contributed by atoms with Gasteiger partial charge in [0.15, 0.2) is 11.9 Å². The van der Waals surface area contributed by atoms with Gasteiger partial charge in [-0.2, -0.15) is 5.10 Å². The van der Waals surface area contributed by atoms with E-state index >= 15 is 0 Å². The Labute approximate surface area is 146 Å². The molecule has 1 aromatic carbocycles. The van der Waals surface area contributed by atoms with Crippen molar-refractivity contribution in [2.75, 3.05) is 20.8 Å². The Morgan fingerprint density at radius 1 is 1.08 bits per heavy atom. The number of fused-ring (bicyclic) bond motifs is 1. The molecular formula is C19H21N3O3. The Hall–Kier alpha value is -2.60. The van der Waals surface area contributed by atoms with Crippen LogP contribution < -0.4 is 9.47 Å². The van der Waals surface area contributed by atoms with Crippen molar-refractivity contribution in [2.24, 2.45) is 0 Å². The van der Waals surface area contributed by atoms with Crippen LogP contribution in [0.1, 0.15) is 25.5 Å². The minimum absolute atomic E-state index is 0.0335. The number of benzene rings is 1. The predicted octanol–water partition coefficient (Wildman–Crippen LogP) is 3.81. The maximum Gasteiger partial charge on any atom is 0.161 e. The van der Waals surface area contributed by atoms with Crippen LogP contribution >= 0.6 is 0 Å². The van der Waals surface area contributed by atoms with Crippen LogP contribution in [-0.4, -0.2) is 35.6 Å². The van der Waals surface area contributed by atoms with Crippen LogP contribution in [0.25, 0.3) is 22.3 Å². The van der Waals surface area contributed by atoms with E-state index in [0.717, 1.165) is 59.7 Å². The van der Waals surface area contributed by atoms with Crippen LogP contribution in [0.4, 0.5) is 0 Å². The summed E-state index contributed by atoms with van der Waals surface area (Å²) in [6.45, 7) is 0.777. The molecule has 1 aliphatic rings. The highest BCUT2D eigenvalue weighted by Crippen LogP contribution is 2.31. The van der Waals surface area contributed by atoms with Crippen molar-refractivity contribution in [2.45, 2.75) is 25.5 Å². The van der Waals surface area contributed by atoms with E-state index in [1.54, 1.807) is 14.2 Å². The maximum absolute atomic E-state index is 5.87. The largest absolute Gasteiger partial charge is 0.497 e. The van der Waals surface area contributed by atoms with Gasteiger partial charge in [0.25, 0.3) is 0 Å². The molecule has 6 nitrogen and oxygen atoms in total. The summed E-state index contributed by atoms with van der Waals surface area (Å²) in [7, 11) is 3.29. The molecule has 0 saturated carbocycles. The third-order valence-electron chi connectivity index (χ3n) is 4.52. The normalized spacial score (nSPS) is 17.6. The zero-order valence-corrected chi connectivity index (χ0v) is 14.4. The highest BCUT2D eigenvalue weighted by Gasteiger charge is 2.19.